The molecule has 3 amide bonds. The van der Waals surface area contributed by atoms with Gasteiger partial charge in [0.15, 0.2) is 6.10 Å². The Bertz CT molecular complexity index is 602. The summed E-state index contributed by atoms with van der Waals surface area (Å²) < 4.78 is 5.18. The summed E-state index contributed by atoms with van der Waals surface area (Å²) in [7, 11) is 0. The van der Waals surface area contributed by atoms with Crippen molar-refractivity contribution in [2.45, 2.75) is 52.7 Å². The average Bonchev–Trinajstić information content (AvgIpc) is 2.54. The number of esters is 1. The number of carbonyl (C=O) groups excluding carboxylic acids is 3. The molecule has 3 N–H and O–H groups in total. The number of carbonyl (C=O) groups is 3. The van der Waals surface area contributed by atoms with Crippen LogP contribution in [0.1, 0.15) is 50.9 Å². The van der Waals surface area contributed by atoms with Gasteiger partial charge in [0.05, 0.1) is 5.56 Å². The van der Waals surface area contributed by atoms with Gasteiger partial charge in [-0.05, 0) is 39.3 Å². The Kier molecular flexibility index (Phi) is 8.46. The van der Waals surface area contributed by atoms with Crippen LogP contribution >= 0.6 is 0 Å². The van der Waals surface area contributed by atoms with Crippen LogP contribution in [-0.4, -0.2) is 36.6 Å². The molecule has 7 heteroatoms. The molecule has 0 aliphatic heterocycles. The number of ether oxygens (including phenoxy) is 1. The van der Waals surface area contributed by atoms with E-state index in [1.165, 1.54) is 6.92 Å². The lowest BCUT2D eigenvalue weighted by Crippen LogP contribution is -2.46. The summed E-state index contributed by atoms with van der Waals surface area (Å²) in [6, 6.07) is 6.23. The summed E-state index contributed by atoms with van der Waals surface area (Å²) in [5.74, 6) is -1.30. The molecule has 1 rings (SSSR count). The molecule has 0 aliphatic rings. The summed E-state index contributed by atoms with van der Waals surface area (Å²) in [5.41, 5.74) is 1.01. The number of nitrogens with one attached hydrogen (secondary N) is 3. The van der Waals surface area contributed by atoms with Crippen LogP contribution in [0.3, 0.4) is 0 Å². The lowest BCUT2D eigenvalue weighted by Gasteiger charge is -2.16. The maximum Gasteiger partial charge on any atom is 0.341 e. The minimum atomic E-state index is -1.09. The Morgan fingerprint density at radius 3 is 2.44 bits per heavy atom. The highest BCUT2D eigenvalue weighted by Gasteiger charge is 2.22. The molecule has 1 atom stereocenters. The number of amides is 3. The molecule has 25 heavy (non-hydrogen) atoms. The average molecular weight is 349 g/mol. The topological polar surface area (TPSA) is 96.5 Å². The lowest BCUT2D eigenvalue weighted by molar-refractivity contribution is -0.127. The Hall–Kier alpha value is -2.57. The van der Waals surface area contributed by atoms with Crippen LogP contribution < -0.4 is 16.0 Å². The third-order valence-electron chi connectivity index (χ3n) is 3.30. The molecule has 0 heterocycles. The Morgan fingerprint density at radius 2 is 1.80 bits per heavy atom. The number of benzene rings is 1. The van der Waals surface area contributed by atoms with Gasteiger partial charge in [-0.3, -0.25) is 10.1 Å². The van der Waals surface area contributed by atoms with E-state index in [2.05, 4.69) is 22.9 Å². The first-order chi connectivity index (χ1) is 11.8. The molecule has 1 aromatic carbocycles. The van der Waals surface area contributed by atoms with E-state index in [0.29, 0.717) is 11.3 Å². The first-order valence-electron chi connectivity index (χ1n) is 8.50. The van der Waals surface area contributed by atoms with Crippen LogP contribution in [0.2, 0.25) is 0 Å². The first-order valence-corrected chi connectivity index (χ1v) is 8.50. The zero-order valence-electron chi connectivity index (χ0n) is 15.2. The van der Waals surface area contributed by atoms with Crippen molar-refractivity contribution < 1.29 is 19.1 Å². The Labute approximate surface area is 148 Å². The maximum absolute atomic E-state index is 12.3. The van der Waals surface area contributed by atoms with Crippen LogP contribution in [0.25, 0.3) is 0 Å². The van der Waals surface area contributed by atoms with Gasteiger partial charge in [-0.25, -0.2) is 9.59 Å². The number of unbranched alkanes of at least 4 members (excludes halogenated alkanes) is 1. The molecule has 0 saturated carbocycles. The second-order valence-electron chi connectivity index (χ2n) is 5.99. The molecule has 0 spiro atoms. The van der Waals surface area contributed by atoms with Crippen molar-refractivity contribution in [2.24, 2.45) is 0 Å². The van der Waals surface area contributed by atoms with Gasteiger partial charge < -0.3 is 15.4 Å². The summed E-state index contributed by atoms with van der Waals surface area (Å²) in [4.78, 5) is 35.8. The standard InChI is InChI=1S/C18H27N3O4/c1-5-6-11-19-15-10-8-7-9-14(15)17(23)25-13(4)16(22)21-18(24)20-12(2)3/h7-10,12-13,19H,5-6,11H2,1-4H3,(H2,20,21,22,24)/t13-/m0/s1. The van der Waals surface area contributed by atoms with Crippen LogP contribution in [0.4, 0.5) is 10.5 Å². The van der Waals surface area contributed by atoms with E-state index in [0.717, 1.165) is 19.4 Å². The zero-order chi connectivity index (χ0) is 18.8. The number of para-hydroxylation sites is 1. The van der Waals surface area contributed by atoms with Crippen molar-refractivity contribution in [3.8, 4) is 0 Å². The molecule has 0 fully saturated rings. The molecular formula is C18H27N3O4. The minimum Gasteiger partial charge on any atom is -0.449 e. The van der Waals surface area contributed by atoms with Crippen LogP contribution in [0.15, 0.2) is 24.3 Å². The van der Waals surface area contributed by atoms with Gasteiger partial charge >= 0.3 is 12.0 Å². The van der Waals surface area contributed by atoms with E-state index in [-0.39, 0.29) is 6.04 Å². The number of urea groups is 1. The molecule has 0 aromatic heterocycles. The third kappa shape index (κ3) is 7.24. The van der Waals surface area contributed by atoms with Crippen LogP contribution in [-0.2, 0) is 9.53 Å². The van der Waals surface area contributed by atoms with E-state index in [1.54, 1.807) is 32.0 Å². The predicted molar refractivity (Wildman–Crippen MR) is 96.5 cm³/mol. The van der Waals surface area contributed by atoms with E-state index >= 15 is 0 Å². The smallest absolute Gasteiger partial charge is 0.341 e. The molecular weight excluding hydrogens is 322 g/mol. The van der Waals surface area contributed by atoms with Gasteiger partial charge in [-0.2, -0.15) is 0 Å². The Morgan fingerprint density at radius 1 is 1.12 bits per heavy atom. The minimum absolute atomic E-state index is 0.105. The third-order valence-corrected chi connectivity index (χ3v) is 3.30. The van der Waals surface area contributed by atoms with E-state index in [1.807, 2.05) is 6.07 Å². The summed E-state index contributed by atoms with van der Waals surface area (Å²) in [5, 5.41) is 7.86. The van der Waals surface area contributed by atoms with Crippen molar-refractivity contribution in [2.75, 3.05) is 11.9 Å². The van der Waals surface area contributed by atoms with Crippen molar-refractivity contribution in [3.63, 3.8) is 0 Å². The van der Waals surface area contributed by atoms with Gasteiger partial charge in [0, 0.05) is 18.3 Å². The highest BCUT2D eigenvalue weighted by atomic mass is 16.5. The van der Waals surface area contributed by atoms with Crippen LogP contribution in [0, 0.1) is 0 Å². The van der Waals surface area contributed by atoms with Gasteiger partial charge in [0.2, 0.25) is 0 Å². The lowest BCUT2D eigenvalue weighted by atomic mass is 10.1. The molecule has 0 aliphatic carbocycles. The molecule has 1 aromatic rings. The van der Waals surface area contributed by atoms with Gasteiger partial charge in [-0.1, -0.05) is 25.5 Å². The van der Waals surface area contributed by atoms with Crippen molar-refractivity contribution in [1.29, 1.82) is 0 Å². The molecule has 0 saturated heterocycles. The number of hydrogen-bond acceptors (Lipinski definition) is 5. The molecule has 0 bridgehead atoms. The van der Waals surface area contributed by atoms with Gasteiger partial charge in [-0.15, -0.1) is 0 Å². The molecule has 0 unspecified atom stereocenters. The SMILES string of the molecule is CCCCNc1ccccc1C(=O)O[C@@H](C)C(=O)NC(=O)NC(C)C. The van der Waals surface area contributed by atoms with Gasteiger partial charge in [0.1, 0.15) is 0 Å². The van der Waals surface area contributed by atoms with E-state index in [4.69, 9.17) is 4.74 Å². The zero-order valence-corrected chi connectivity index (χ0v) is 15.2. The van der Waals surface area contributed by atoms with Crippen molar-refractivity contribution >= 4 is 23.6 Å². The summed E-state index contributed by atoms with van der Waals surface area (Å²) in [6.45, 7) is 7.79. The number of hydrogen-bond donors (Lipinski definition) is 3. The fraction of sp³-hybridized carbons (Fsp3) is 0.500. The number of anilines is 1. The van der Waals surface area contributed by atoms with Gasteiger partial charge in [0.25, 0.3) is 5.91 Å². The first kappa shape index (κ1) is 20.5. The summed E-state index contributed by atoms with van der Waals surface area (Å²) >= 11 is 0. The second-order valence-corrected chi connectivity index (χ2v) is 5.99. The van der Waals surface area contributed by atoms with E-state index < -0.39 is 24.0 Å². The van der Waals surface area contributed by atoms with Crippen molar-refractivity contribution in [3.05, 3.63) is 29.8 Å². The number of rotatable bonds is 8. The van der Waals surface area contributed by atoms with Crippen molar-refractivity contribution in [1.82, 2.24) is 10.6 Å². The van der Waals surface area contributed by atoms with E-state index in [9.17, 15) is 14.4 Å². The fourth-order valence-electron chi connectivity index (χ4n) is 2.00. The number of imide groups is 1. The summed E-state index contributed by atoms with van der Waals surface area (Å²) in [6.07, 6.45) is 0.927. The second kappa shape index (κ2) is 10.3. The predicted octanol–water partition coefficient (Wildman–Crippen LogP) is 2.68. The largest absolute Gasteiger partial charge is 0.449 e. The molecule has 138 valence electrons. The van der Waals surface area contributed by atoms with Crippen LogP contribution in [0.5, 0.6) is 0 Å². The fourth-order valence-corrected chi connectivity index (χ4v) is 2.00. The molecule has 0 radical (unpaired) electrons. The monoisotopic (exact) mass is 349 g/mol. The maximum atomic E-state index is 12.3. The highest BCUT2D eigenvalue weighted by Crippen LogP contribution is 2.17. The Balaban J connectivity index is 2.65. The molecule has 7 nitrogen and oxygen atoms in total. The quantitative estimate of drug-likeness (QED) is 0.495. The highest BCUT2D eigenvalue weighted by molar-refractivity contribution is 6.00. The normalized spacial score (nSPS) is 11.6.